The van der Waals surface area contributed by atoms with Gasteiger partial charge < -0.3 is 10.5 Å². The van der Waals surface area contributed by atoms with E-state index in [4.69, 9.17) is 10.5 Å². The molecule has 1 atom stereocenters. The van der Waals surface area contributed by atoms with E-state index in [0.29, 0.717) is 0 Å². The smallest absolute Gasteiger partial charge is 0.0835 e. The molecule has 1 aliphatic carbocycles. The van der Waals surface area contributed by atoms with E-state index in [0.717, 1.165) is 32.3 Å². The first-order valence-electron chi connectivity index (χ1n) is 7.67. The molecule has 19 heavy (non-hydrogen) atoms. The first-order valence-corrected chi connectivity index (χ1v) is 7.67. The van der Waals surface area contributed by atoms with Crippen LogP contribution in [0.3, 0.4) is 0 Å². The Morgan fingerprint density at radius 3 is 2.21 bits per heavy atom. The van der Waals surface area contributed by atoms with Crippen LogP contribution >= 0.6 is 0 Å². The van der Waals surface area contributed by atoms with Gasteiger partial charge in [-0.3, -0.25) is 0 Å². The van der Waals surface area contributed by atoms with Gasteiger partial charge in [-0.2, -0.15) is 0 Å². The van der Waals surface area contributed by atoms with Crippen molar-refractivity contribution in [3.05, 3.63) is 35.4 Å². The lowest BCUT2D eigenvalue weighted by atomic mass is 9.87. The molecule has 2 N–H and O–H groups in total. The van der Waals surface area contributed by atoms with Crippen LogP contribution in [0.5, 0.6) is 0 Å². The molecule has 1 saturated carbocycles. The maximum Gasteiger partial charge on any atom is 0.0835 e. The van der Waals surface area contributed by atoms with E-state index in [2.05, 4.69) is 38.1 Å². The lowest BCUT2D eigenvalue weighted by Gasteiger charge is -2.35. The Morgan fingerprint density at radius 2 is 1.68 bits per heavy atom. The summed E-state index contributed by atoms with van der Waals surface area (Å²) in [4.78, 5) is 0. The van der Waals surface area contributed by atoms with Gasteiger partial charge in [0.2, 0.25) is 0 Å². The Balaban J connectivity index is 2.03. The van der Waals surface area contributed by atoms with Crippen molar-refractivity contribution in [3.8, 4) is 0 Å². The van der Waals surface area contributed by atoms with Crippen molar-refractivity contribution in [2.75, 3.05) is 6.61 Å². The maximum absolute atomic E-state index is 6.48. The summed E-state index contributed by atoms with van der Waals surface area (Å²) in [7, 11) is 0. The maximum atomic E-state index is 6.48. The molecule has 2 rings (SSSR count). The van der Waals surface area contributed by atoms with Crippen molar-refractivity contribution in [1.82, 2.24) is 0 Å². The minimum Gasteiger partial charge on any atom is -0.374 e. The molecule has 0 heterocycles. The Morgan fingerprint density at radius 1 is 1.11 bits per heavy atom. The molecular formula is C17H27NO. The second kappa shape index (κ2) is 6.53. The van der Waals surface area contributed by atoms with E-state index < -0.39 is 0 Å². The van der Waals surface area contributed by atoms with Crippen molar-refractivity contribution in [1.29, 1.82) is 0 Å². The van der Waals surface area contributed by atoms with Gasteiger partial charge in [0.25, 0.3) is 0 Å². The normalized spacial score (nSPS) is 19.5. The Labute approximate surface area is 117 Å². The zero-order chi connectivity index (χ0) is 13.7. The number of aryl methyl sites for hydroxylation is 1. The highest BCUT2D eigenvalue weighted by Crippen LogP contribution is 2.36. The third-order valence-corrected chi connectivity index (χ3v) is 4.44. The van der Waals surface area contributed by atoms with E-state index >= 15 is 0 Å². The molecule has 1 fully saturated rings. The first-order chi connectivity index (χ1) is 9.20. The van der Waals surface area contributed by atoms with Crippen LogP contribution in [0.25, 0.3) is 0 Å². The van der Waals surface area contributed by atoms with Gasteiger partial charge in [-0.15, -0.1) is 0 Å². The van der Waals surface area contributed by atoms with Gasteiger partial charge in [0.15, 0.2) is 0 Å². The van der Waals surface area contributed by atoms with Gasteiger partial charge in [0.1, 0.15) is 0 Å². The summed E-state index contributed by atoms with van der Waals surface area (Å²) in [5.41, 5.74) is 9.12. The summed E-state index contributed by atoms with van der Waals surface area (Å²) in [5.74, 6) is 0. The van der Waals surface area contributed by atoms with Crippen molar-refractivity contribution in [2.24, 2.45) is 5.73 Å². The van der Waals surface area contributed by atoms with Gasteiger partial charge in [0, 0.05) is 12.6 Å². The molecule has 0 spiro atoms. The number of rotatable bonds is 6. The molecule has 0 aromatic heterocycles. The van der Waals surface area contributed by atoms with E-state index in [1.807, 2.05) is 0 Å². The second-order valence-corrected chi connectivity index (χ2v) is 5.69. The lowest BCUT2D eigenvalue weighted by molar-refractivity contribution is -0.0524. The highest BCUT2D eigenvalue weighted by molar-refractivity contribution is 5.23. The van der Waals surface area contributed by atoms with Gasteiger partial charge in [0.05, 0.1) is 5.60 Å². The topological polar surface area (TPSA) is 35.2 Å². The molecule has 1 unspecified atom stereocenters. The minimum atomic E-state index is -0.0713. The monoisotopic (exact) mass is 261 g/mol. The van der Waals surface area contributed by atoms with Crippen LogP contribution in [0.15, 0.2) is 24.3 Å². The summed E-state index contributed by atoms with van der Waals surface area (Å²) in [6, 6.07) is 8.97. The quantitative estimate of drug-likeness (QED) is 0.851. The predicted octanol–water partition coefficient (Wildman–Crippen LogP) is 3.47. The molecule has 0 bridgehead atoms. The van der Waals surface area contributed by atoms with Gasteiger partial charge in [-0.1, -0.05) is 44.0 Å². The number of nitrogens with two attached hydrogens (primary N) is 1. The lowest BCUT2D eigenvalue weighted by Crippen LogP contribution is -2.49. The first kappa shape index (κ1) is 14.5. The minimum absolute atomic E-state index is 0.0713. The Hall–Kier alpha value is -0.860. The molecule has 1 aromatic carbocycles. The average molecular weight is 261 g/mol. The molecule has 0 amide bonds. The second-order valence-electron chi connectivity index (χ2n) is 5.69. The third kappa shape index (κ3) is 3.37. The van der Waals surface area contributed by atoms with Crippen LogP contribution < -0.4 is 5.73 Å². The molecule has 0 aliphatic heterocycles. The van der Waals surface area contributed by atoms with E-state index in [-0.39, 0.29) is 11.6 Å². The average Bonchev–Trinajstić information content (AvgIpc) is 2.90. The van der Waals surface area contributed by atoms with Gasteiger partial charge in [-0.05, 0) is 43.7 Å². The number of hydrogen-bond acceptors (Lipinski definition) is 2. The summed E-state index contributed by atoms with van der Waals surface area (Å²) < 4.78 is 6.04. The fourth-order valence-corrected chi connectivity index (χ4v) is 3.23. The molecule has 0 saturated heterocycles. The number of hydrogen-bond donors (Lipinski definition) is 1. The largest absolute Gasteiger partial charge is 0.374 e. The van der Waals surface area contributed by atoms with Gasteiger partial charge >= 0.3 is 0 Å². The van der Waals surface area contributed by atoms with Crippen molar-refractivity contribution in [2.45, 2.75) is 64.0 Å². The zero-order valence-corrected chi connectivity index (χ0v) is 12.3. The molecule has 2 nitrogen and oxygen atoms in total. The standard InChI is InChI=1S/C17H27NO/c1-3-14-7-9-15(10-8-14)13-16(18)17(19-4-2)11-5-6-12-17/h7-10,16H,3-6,11-13,18H2,1-2H3. The summed E-state index contributed by atoms with van der Waals surface area (Å²) >= 11 is 0. The van der Waals surface area contributed by atoms with Gasteiger partial charge in [-0.25, -0.2) is 0 Å². The van der Waals surface area contributed by atoms with Crippen molar-refractivity contribution < 1.29 is 4.74 Å². The van der Waals surface area contributed by atoms with Crippen LogP contribution in [0.1, 0.15) is 50.7 Å². The Kier molecular flexibility index (Phi) is 5.00. The van der Waals surface area contributed by atoms with Crippen LogP contribution in [-0.4, -0.2) is 18.2 Å². The van der Waals surface area contributed by atoms with E-state index in [1.165, 1.54) is 24.0 Å². The van der Waals surface area contributed by atoms with Crippen LogP contribution in [-0.2, 0) is 17.6 Å². The predicted molar refractivity (Wildman–Crippen MR) is 80.3 cm³/mol. The number of benzene rings is 1. The fourth-order valence-electron chi connectivity index (χ4n) is 3.23. The van der Waals surface area contributed by atoms with E-state index in [1.54, 1.807) is 0 Å². The summed E-state index contributed by atoms with van der Waals surface area (Å²) in [6.45, 7) is 5.02. The van der Waals surface area contributed by atoms with Crippen LogP contribution in [0.4, 0.5) is 0 Å². The van der Waals surface area contributed by atoms with Crippen molar-refractivity contribution >= 4 is 0 Å². The summed E-state index contributed by atoms with van der Waals surface area (Å²) in [6.07, 6.45) is 6.76. The van der Waals surface area contributed by atoms with Crippen molar-refractivity contribution in [3.63, 3.8) is 0 Å². The highest BCUT2D eigenvalue weighted by atomic mass is 16.5. The SMILES string of the molecule is CCOC1(C(N)Cc2ccc(CC)cc2)CCCC1. The number of ether oxygens (including phenoxy) is 1. The highest BCUT2D eigenvalue weighted by Gasteiger charge is 2.40. The summed E-state index contributed by atoms with van der Waals surface area (Å²) in [5, 5.41) is 0. The Bertz CT molecular complexity index is 379. The zero-order valence-electron chi connectivity index (χ0n) is 12.3. The molecule has 1 aromatic rings. The van der Waals surface area contributed by atoms with E-state index in [9.17, 15) is 0 Å². The molecule has 106 valence electrons. The molecule has 1 aliphatic rings. The fraction of sp³-hybridized carbons (Fsp3) is 0.647. The molecular weight excluding hydrogens is 234 g/mol. The third-order valence-electron chi connectivity index (χ3n) is 4.44. The molecule has 2 heteroatoms. The van der Waals surface area contributed by atoms with Crippen LogP contribution in [0, 0.1) is 0 Å². The molecule has 0 radical (unpaired) electrons. The van der Waals surface area contributed by atoms with Crippen LogP contribution in [0.2, 0.25) is 0 Å².